The van der Waals surface area contributed by atoms with E-state index in [9.17, 15) is 4.39 Å². The molecule has 0 aliphatic heterocycles. The SMILES string of the molecule is Fc1ccc(Br)cc1CNC1CCCCC1CCl. The second kappa shape index (κ2) is 6.88. The maximum Gasteiger partial charge on any atom is 0.127 e. The highest BCUT2D eigenvalue weighted by atomic mass is 79.9. The number of hydrogen-bond acceptors (Lipinski definition) is 1. The van der Waals surface area contributed by atoms with E-state index in [4.69, 9.17) is 11.6 Å². The monoisotopic (exact) mass is 333 g/mol. The lowest BCUT2D eigenvalue weighted by Gasteiger charge is -2.31. The van der Waals surface area contributed by atoms with Gasteiger partial charge in [-0.1, -0.05) is 28.8 Å². The quantitative estimate of drug-likeness (QED) is 0.801. The molecule has 4 heteroatoms. The van der Waals surface area contributed by atoms with E-state index in [-0.39, 0.29) is 5.82 Å². The summed E-state index contributed by atoms with van der Waals surface area (Å²) >= 11 is 9.36. The first kappa shape index (κ1) is 14.3. The van der Waals surface area contributed by atoms with Gasteiger partial charge in [0.05, 0.1) is 0 Å². The lowest BCUT2D eigenvalue weighted by molar-refractivity contribution is 0.281. The van der Waals surface area contributed by atoms with E-state index in [0.29, 0.717) is 29.9 Å². The summed E-state index contributed by atoms with van der Waals surface area (Å²) in [6.45, 7) is 0.573. The molecule has 1 aliphatic carbocycles. The number of rotatable bonds is 4. The van der Waals surface area contributed by atoms with Crippen LogP contribution in [0, 0.1) is 11.7 Å². The normalized spacial score (nSPS) is 24.2. The molecule has 1 aliphatic rings. The van der Waals surface area contributed by atoms with Crippen LogP contribution in [0.4, 0.5) is 4.39 Å². The van der Waals surface area contributed by atoms with Gasteiger partial charge >= 0.3 is 0 Å². The Kier molecular flexibility index (Phi) is 5.46. The molecule has 2 atom stereocenters. The van der Waals surface area contributed by atoms with Crippen molar-refractivity contribution in [3.8, 4) is 0 Å². The standard InChI is InChI=1S/C14H18BrClFN/c15-12-5-6-13(17)11(7-12)9-18-14-4-2-1-3-10(14)8-16/h5-7,10,14,18H,1-4,8-9H2. The van der Waals surface area contributed by atoms with Crippen molar-refractivity contribution in [2.24, 2.45) is 5.92 Å². The predicted octanol–water partition coefficient (Wildman–Crippen LogP) is 4.48. The zero-order valence-corrected chi connectivity index (χ0v) is 12.6. The van der Waals surface area contributed by atoms with Crippen molar-refractivity contribution in [3.63, 3.8) is 0 Å². The highest BCUT2D eigenvalue weighted by Gasteiger charge is 2.23. The molecule has 1 fully saturated rings. The second-order valence-electron chi connectivity index (χ2n) is 4.92. The van der Waals surface area contributed by atoms with Gasteiger partial charge in [-0.15, -0.1) is 11.6 Å². The molecular weight excluding hydrogens is 317 g/mol. The van der Waals surface area contributed by atoms with Crippen molar-refractivity contribution < 1.29 is 4.39 Å². The summed E-state index contributed by atoms with van der Waals surface area (Å²) in [4.78, 5) is 0. The molecular formula is C14H18BrClFN. The van der Waals surface area contributed by atoms with E-state index in [1.807, 2.05) is 6.07 Å². The van der Waals surface area contributed by atoms with Crippen molar-refractivity contribution in [3.05, 3.63) is 34.1 Å². The van der Waals surface area contributed by atoms with Gasteiger partial charge in [0.25, 0.3) is 0 Å². The third kappa shape index (κ3) is 3.69. The molecule has 0 bridgehead atoms. The van der Waals surface area contributed by atoms with E-state index >= 15 is 0 Å². The van der Waals surface area contributed by atoms with Crippen LogP contribution in [-0.4, -0.2) is 11.9 Å². The fraction of sp³-hybridized carbons (Fsp3) is 0.571. The summed E-state index contributed by atoms with van der Waals surface area (Å²) in [5.41, 5.74) is 0.711. The number of benzene rings is 1. The highest BCUT2D eigenvalue weighted by Crippen LogP contribution is 2.26. The first-order valence-corrected chi connectivity index (χ1v) is 7.76. The summed E-state index contributed by atoms with van der Waals surface area (Å²) in [5.74, 6) is 1.07. The fourth-order valence-electron chi connectivity index (χ4n) is 2.58. The molecule has 1 aromatic carbocycles. The van der Waals surface area contributed by atoms with Crippen molar-refractivity contribution in [1.29, 1.82) is 0 Å². The first-order chi connectivity index (χ1) is 8.70. The van der Waals surface area contributed by atoms with E-state index in [1.165, 1.54) is 25.3 Å². The molecule has 0 radical (unpaired) electrons. The van der Waals surface area contributed by atoms with Crippen LogP contribution >= 0.6 is 27.5 Å². The van der Waals surface area contributed by atoms with Crippen LogP contribution in [0.2, 0.25) is 0 Å². The molecule has 0 spiro atoms. The van der Waals surface area contributed by atoms with Gasteiger partial charge in [0, 0.05) is 28.5 Å². The lowest BCUT2D eigenvalue weighted by atomic mass is 9.85. The summed E-state index contributed by atoms with van der Waals surface area (Å²) in [6, 6.07) is 5.48. The number of nitrogens with one attached hydrogen (secondary N) is 1. The Labute approximate surface area is 121 Å². The molecule has 1 saturated carbocycles. The average molecular weight is 335 g/mol. The van der Waals surface area contributed by atoms with Gasteiger partial charge < -0.3 is 5.32 Å². The van der Waals surface area contributed by atoms with Gasteiger partial charge in [-0.25, -0.2) is 4.39 Å². The van der Waals surface area contributed by atoms with E-state index < -0.39 is 0 Å². The number of hydrogen-bond donors (Lipinski definition) is 1. The minimum Gasteiger partial charge on any atom is -0.309 e. The van der Waals surface area contributed by atoms with Crippen LogP contribution in [0.5, 0.6) is 0 Å². The Morgan fingerprint density at radius 3 is 2.89 bits per heavy atom. The van der Waals surface area contributed by atoms with Crippen LogP contribution in [-0.2, 0) is 6.54 Å². The second-order valence-corrected chi connectivity index (χ2v) is 6.15. The minimum absolute atomic E-state index is 0.149. The lowest BCUT2D eigenvalue weighted by Crippen LogP contribution is -2.39. The fourth-order valence-corrected chi connectivity index (χ4v) is 3.36. The van der Waals surface area contributed by atoms with E-state index in [0.717, 1.165) is 10.9 Å². The van der Waals surface area contributed by atoms with Crippen molar-refractivity contribution >= 4 is 27.5 Å². The first-order valence-electron chi connectivity index (χ1n) is 6.44. The molecule has 0 saturated heterocycles. The summed E-state index contributed by atoms with van der Waals surface area (Å²) in [6.07, 6.45) is 4.84. The van der Waals surface area contributed by atoms with Gasteiger partial charge in [0.2, 0.25) is 0 Å². The molecule has 1 nitrogen and oxygen atoms in total. The van der Waals surface area contributed by atoms with Crippen molar-refractivity contribution in [2.45, 2.75) is 38.3 Å². The van der Waals surface area contributed by atoms with Crippen molar-refractivity contribution in [2.75, 3.05) is 5.88 Å². The average Bonchev–Trinajstić information content (AvgIpc) is 2.40. The molecule has 2 rings (SSSR count). The molecule has 1 N–H and O–H groups in total. The molecule has 2 unspecified atom stereocenters. The third-order valence-corrected chi connectivity index (χ3v) is 4.56. The topological polar surface area (TPSA) is 12.0 Å². The van der Waals surface area contributed by atoms with E-state index in [2.05, 4.69) is 21.2 Å². The maximum absolute atomic E-state index is 13.6. The van der Waals surface area contributed by atoms with Crippen LogP contribution in [0.1, 0.15) is 31.2 Å². The van der Waals surface area contributed by atoms with Crippen LogP contribution < -0.4 is 5.32 Å². The maximum atomic E-state index is 13.6. The Hall–Kier alpha value is -0.120. The molecule has 18 heavy (non-hydrogen) atoms. The van der Waals surface area contributed by atoms with Gasteiger partial charge in [0.1, 0.15) is 5.82 Å². The van der Waals surface area contributed by atoms with Crippen LogP contribution in [0.25, 0.3) is 0 Å². The van der Waals surface area contributed by atoms with Gasteiger partial charge in [-0.3, -0.25) is 0 Å². The van der Waals surface area contributed by atoms with Crippen LogP contribution in [0.3, 0.4) is 0 Å². The Morgan fingerprint density at radius 2 is 2.11 bits per heavy atom. The molecule has 100 valence electrons. The Balaban J connectivity index is 1.95. The molecule has 1 aromatic rings. The highest BCUT2D eigenvalue weighted by molar-refractivity contribution is 9.10. The van der Waals surface area contributed by atoms with Gasteiger partial charge in [0.15, 0.2) is 0 Å². The molecule has 0 aromatic heterocycles. The number of alkyl halides is 1. The minimum atomic E-state index is -0.149. The smallest absolute Gasteiger partial charge is 0.127 e. The van der Waals surface area contributed by atoms with Gasteiger partial charge in [-0.2, -0.15) is 0 Å². The third-order valence-electron chi connectivity index (χ3n) is 3.67. The van der Waals surface area contributed by atoms with Crippen LogP contribution in [0.15, 0.2) is 22.7 Å². The van der Waals surface area contributed by atoms with Gasteiger partial charge in [-0.05, 0) is 37.0 Å². The Bertz CT molecular complexity index is 399. The predicted molar refractivity (Wildman–Crippen MR) is 77.4 cm³/mol. The molecule has 0 amide bonds. The summed E-state index contributed by atoms with van der Waals surface area (Å²) in [5, 5.41) is 3.46. The molecule has 0 heterocycles. The van der Waals surface area contributed by atoms with E-state index in [1.54, 1.807) is 6.07 Å². The summed E-state index contributed by atoms with van der Waals surface area (Å²) in [7, 11) is 0. The van der Waals surface area contributed by atoms with Crippen molar-refractivity contribution in [1.82, 2.24) is 5.32 Å². The zero-order chi connectivity index (χ0) is 13.0. The Morgan fingerprint density at radius 1 is 1.33 bits per heavy atom. The number of halogens is 3. The largest absolute Gasteiger partial charge is 0.309 e. The summed E-state index contributed by atoms with van der Waals surface area (Å²) < 4.78 is 14.5. The zero-order valence-electron chi connectivity index (χ0n) is 10.3.